The number of nitrogens with zero attached hydrogens (tertiary/aromatic N) is 1. The van der Waals surface area contributed by atoms with E-state index in [0.29, 0.717) is 17.2 Å². The lowest BCUT2D eigenvalue weighted by atomic mass is 10.1. The number of halogens is 2. The van der Waals surface area contributed by atoms with Crippen LogP contribution < -0.4 is 5.32 Å². The van der Waals surface area contributed by atoms with Crippen molar-refractivity contribution in [3.63, 3.8) is 0 Å². The summed E-state index contributed by atoms with van der Waals surface area (Å²) in [6.45, 7) is 4.38. The summed E-state index contributed by atoms with van der Waals surface area (Å²) in [4.78, 5) is 0.614. The Balaban J connectivity index is 2.66. The van der Waals surface area contributed by atoms with Crippen LogP contribution in [0.4, 0.5) is 8.78 Å². The lowest BCUT2D eigenvalue weighted by Crippen LogP contribution is -2.43. The molecule has 1 aromatic carbocycles. The molecular formula is C12H14F2N2S. The molecule has 5 heteroatoms. The second-order valence-corrected chi connectivity index (χ2v) is 4.89. The van der Waals surface area contributed by atoms with Gasteiger partial charge in [-0.05, 0) is 31.7 Å². The molecule has 0 aliphatic heterocycles. The van der Waals surface area contributed by atoms with Gasteiger partial charge in [-0.25, -0.2) is 8.78 Å². The second-order valence-electron chi connectivity index (χ2n) is 3.84. The molecule has 1 unspecified atom stereocenters. The van der Waals surface area contributed by atoms with Crippen molar-refractivity contribution in [2.24, 2.45) is 0 Å². The van der Waals surface area contributed by atoms with Crippen LogP contribution >= 0.6 is 11.8 Å². The normalized spacial score (nSPS) is 14.1. The highest BCUT2D eigenvalue weighted by molar-refractivity contribution is 7.99. The van der Waals surface area contributed by atoms with E-state index in [1.807, 2.05) is 6.92 Å². The smallest absolute Gasteiger partial charge is 0.159 e. The lowest BCUT2D eigenvalue weighted by Gasteiger charge is -2.21. The average Bonchev–Trinajstić information content (AvgIpc) is 2.31. The fraction of sp³-hybridized carbons (Fsp3) is 0.417. The van der Waals surface area contributed by atoms with Gasteiger partial charge in [-0.15, -0.1) is 11.8 Å². The molecule has 1 rings (SSSR count). The maximum Gasteiger partial charge on any atom is 0.159 e. The van der Waals surface area contributed by atoms with Crippen LogP contribution in [0.5, 0.6) is 0 Å². The standard InChI is InChI=1S/C12H14F2N2S/c1-3-16-12(2,7-15)8-17-9-4-5-10(13)11(14)6-9/h4-6,16H,3,8H2,1-2H3. The molecule has 0 radical (unpaired) electrons. The number of nitrogens with one attached hydrogen (secondary N) is 1. The second kappa shape index (κ2) is 5.99. The van der Waals surface area contributed by atoms with Gasteiger partial charge < -0.3 is 0 Å². The Morgan fingerprint density at radius 3 is 2.65 bits per heavy atom. The van der Waals surface area contributed by atoms with E-state index in [1.54, 1.807) is 6.92 Å². The first kappa shape index (κ1) is 13.9. The molecule has 0 heterocycles. The van der Waals surface area contributed by atoms with Crippen molar-refractivity contribution in [2.75, 3.05) is 12.3 Å². The van der Waals surface area contributed by atoms with Crippen LogP contribution in [0.1, 0.15) is 13.8 Å². The Labute approximate surface area is 104 Å². The number of hydrogen-bond donors (Lipinski definition) is 1. The van der Waals surface area contributed by atoms with Gasteiger partial charge in [0.15, 0.2) is 11.6 Å². The van der Waals surface area contributed by atoms with Crippen molar-refractivity contribution in [1.82, 2.24) is 5.32 Å². The summed E-state index contributed by atoms with van der Waals surface area (Å²) in [5.41, 5.74) is -0.662. The molecule has 0 saturated heterocycles. The van der Waals surface area contributed by atoms with Crippen LogP contribution in [0.2, 0.25) is 0 Å². The third-order valence-electron chi connectivity index (χ3n) is 2.23. The summed E-state index contributed by atoms with van der Waals surface area (Å²) in [5.74, 6) is -1.25. The minimum atomic E-state index is -0.864. The summed E-state index contributed by atoms with van der Waals surface area (Å²) in [6, 6.07) is 5.92. The van der Waals surface area contributed by atoms with Gasteiger partial charge in [0.1, 0.15) is 5.54 Å². The molecule has 0 saturated carbocycles. The zero-order valence-corrected chi connectivity index (χ0v) is 10.6. The lowest BCUT2D eigenvalue weighted by molar-refractivity contribution is 0.504. The minimum absolute atomic E-state index is 0.475. The highest BCUT2D eigenvalue weighted by atomic mass is 32.2. The highest BCUT2D eigenvalue weighted by Crippen LogP contribution is 2.24. The quantitative estimate of drug-likeness (QED) is 0.823. The van der Waals surface area contributed by atoms with Gasteiger partial charge in [0.05, 0.1) is 6.07 Å². The van der Waals surface area contributed by atoms with E-state index in [2.05, 4.69) is 11.4 Å². The van der Waals surface area contributed by atoms with E-state index in [0.717, 1.165) is 12.1 Å². The highest BCUT2D eigenvalue weighted by Gasteiger charge is 2.22. The molecule has 1 aromatic rings. The summed E-state index contributed by atoms with van der Waals surface area (Å²) in [5, 5.41) is 12.1. The van der Waals surface area contributed by atoms with E-state index >= 15 is 0 Å². The van der Waals surface area contributed by atoms with Crippen molar-refractivity contribution in [2.45, 2.75) is 24.3 Å². The van der Waals surface area contributed by atoms with Crippen molar-refractivity contribution in [3.8, 4) is 6.07 Å². The first-order valence-corrected chi connectivity index (χ1v) is 6.23. The van der Waals surface area contributed by atoms with Gasteiger partial charge in [0.25, 0.3) is 0 Å². The summed E-state index contributed by atoms with van der Waals surface area (Å²) < 4.78 is 25.7. The third kappa shape index (κ3) is 3.99. The molecule has 0 spiro atoms. The third-order valence-corrected chi connectivity index (χ3v) is 3.54. The van der Waals surface area contributed by atoms with Crippen molar-refractivity contribution in [1.29, 1.82) is 5.26 Å². The Bertz CT molecular complexity index is 431. The maximum atomic E-state index is 13.0. The van der Waals surface area contributed by atoms with E-state index in [-0.39, 0.29) is 0 Å². The Hall–Kier alpha value is -1.12. The average molecular weight is 256 g/mol. The van der Waals surface area contributed by atoms with E-state index < -0.39 is 17.2 Å². The van der Waals surface area contributed by atoms with Crippen LogP contribution in [0.25, 0.3) is 0 Å². The minimum Gasteiger partial charge on any atom is -0.299 e. The number of rotatable bonds is 5. The number of hydrogen-bond acceptors (Lipinski definition) is 3. The first-order valence-electron chi connectivity index (χ1n) is 5.25. The Kier molecular flexibility index (Phi) is 4.91. The van der Waals surface area contributed by atoms with Crippen molar-refractivity contribution in [3.05, 3.63) is 29.8 Å². The molecule has 1 atom stereocenters. The molecule has 1 N–H and O–H groups in total. The molecule has 17 heavy (non-hydrogen) atoms. The Morgan fingerprint density at radius 2 is 2.12 bits per heavy atom. The van der Waals surface area contributed by atoms with Gasteiger partial charge in [-0.1, -0.05) is 6.92 Å². The van der Waals surface area contributed by atoms with Gasteiger partial charge >= 0.3 is 0 Å². The van der Waals surface area contributed by atoms with Crippen LogP contribution in [-0.2, 0) is 0 Å². The monoisotopic (exact) mass is 256 g/mol. The number of nitriles is 1. The SMILES string of the molecule is CCNC(C)(C#N)CSc1ccc(F)c(F)c1. The molecule has 0 aliphatic carbocycles. The van der Waals surface area contributed by atoms with Crippen molar-refractivity contribution < 1.29 is 8.78 Å². The molecule has 0 fully saturated rings. The molecule has 0 aromatic heterocycles. The molecule has 0 aliphatic rings. The predicted octanol–water partition coefficient (Wildman–Crippen LogP) is 2.95. The van der Waals surface area contributed by atoms with Crippen LogP contribution in [0.15, 0.2) is 23.1 Å². The zero-order valence-electron chi connectivity index (χ0n) is 9.76. The van der Waals surface area contributed by atoms with E-state index in [1.165, 1.54) is 17.8 Å². The van der Waals surface area contributed by atoms with Gasteiger partial charge in [-0.2, -0.15) is 5.26 Å². The predicted molar refractivity (Wildman–Crippen MR) is 64.8 cm³/mol. The van der Waals surface area contributed by atoms with Gasteiger partial charge in [0, 0.05) is 10.6 Å². The summed E-state index contributed by atoms with van der Waals surface area (Å²) in [6.07, 6.45) is 0. The fourth-order valence-electron chi connectivity index (χ4n) is 1.31. The maximum absolute atomic E-state index is 13.0. The molecule has 0 bridgehead atoms. The van der Waals surface area contributed by atoms with Gasteiger partial charge in [0.2, 0.25) is 0 Å². The van der Waals surface area contributed by atoms with E-state index in [9.17, 15) is 8.78 Å². The summed E-state index contributed by atoms with van der Waals surface area (Å²) >= 11 is 1.32. The topological polar surface area (TPSA) is 35.8 Å². The largest absolute Gasteiger partial charge is 0.299 e. The fourth-order valence-corrected chi connectivity index (χ4v) is 2.28. The number of thioether (sulfide) groups is 1. The van der Waals surface area contributed by atoms with E-state index in [4.69, 9.17) is 5.26 Å². The summed E-state index contributed by atoms with van der Waals surface area (Å²) in [7, 11) is 0. The Morgan fingerprint density at radius 1 is 1.41 bits per heavy atom. The molecule has 0 amide bonds. The van der Waals surface area contributed by atoms with Crippen LogP contribution in [-0.4, -0.2) is 17.8 Å². The number of benzene rings is 1. The van der Waals surface area contributed by atoms with Crippen LogP contribution in [0.3, 0.4) is 0 Å². The first-order chi connectivity index (χ1) is 8.00. The van der Waals surface area contributed by atoms with Gasteiger partial charge in [-0.3, -0.25) is 5.32 Å². The molecular weight excluding hydrogens is 242 g/mol. The molecule has 92 valence electrons. The van der Waals surface area contributed by atoms with Crippen molar-refractivity contribution >= 4 is 11.8 Å². The molecule has 2 nitrogen and oxygen atoms in total. The van der Waals surface area contributed by atoms with Crippen LogP contribution in [0, 0.1) is 23.0 Å². The zero-order chi connectivity index (χ0) is 12.9.